The summed E-state index contributed by atoms with van der Waals surface area (Å²) in [6.07, 6.45) is 2.68. The SMILES string of the molecule is CCc1cc(C)c(=O)[nH]c1-c1ccc(N(C)C)nc1. The van der Waals surface area contributed by atoms with E-state index in [1.54, 1.807) is 6.20 Å². The van der Waals surface area contributed by atoms with Gasteiger partial charge in [0.25, 0.3) is 5.56 Å². The van der Waals surface area contributed by atoms with Gasteiger partial charge >= 0.3 is 0 Å². The van der Waals surface area contributed by atoms with Gasteiger partial charge in [0.2, 0.25) is 0 Å². The van der Waals surface area contributed by atoms with Crippen LogP contribution in [0.2, 0.25) is 0 Å². The van der Waals surface area contributed by atoms with Crippen LogP contribution in [0.3, 0.4) is 0 Å². The number of rotatable bonds is 3. The highest BCUT2D eigenvalue weighted by Gasteiger charge is 2.08. The van der Waals surface area contributed by atoms with E-state index in [0.717, 1.165) is 34.6 Å². The summed E-state index contributed by atoms with van der Waals surface area (Å²) in [4.78, 5) is 21.1. The Morgan fingerprint density at radius 3 is 2.58 bits per heavy atom. The van der Waals surface area contributed by atoms with Crippen LogP contribution < -0.4 is 10.5 Å². The molecule has 4 nitrogen and oxygen atoms in total. The third-order valence-electron chi connectivity index (χ3n) is 3.18. The molecule has 0 spiro atoms. The van der Waals surface area contributed by atoms with E-state index < -0.39 is 0 Å². The maximum atomic E-state index is 11.8. The first-order chi connectivity index (χ1) is 9.02. The minimum Gasteiger partial charge on any atom is -0.363 e. The van der Waals surface area contributed by atoms with Gasteiger partial charge in [-0.25, -0.2) is 4.98 Å². The van der Waals surface area contributed by atoms with Gasteiger partial charge in [-0.1, -0.05) is 6.92 Å². The number of aryl methyl sites for hydroxylation is 2. The quantitative estimate of drug-likeness (QED) is 0.918. The Morgan fingerprint density at radius 1 is 1.32 bits per heavy atom. The molecule has 2 heterocycles. The number of hydrogen-bond donors (Lipinski definition) is 1. The van der Waals surface area contributed by atoms with Crippen LogP contribution in [0.1, 0.15) is 18.1 Å². The smallest absolute Gasteiger partial charge is 0.251 e. The van der Waals surface area contributed by atoms with Gasteiger partial charge in [0.05, 0.1) is 5.69 Å². The molecule has 19 heavy (non-hydrogen) atoms. The highest BCUT2D eigenvalue weighted by Crippen LogP contribution is 2.22. The van der Waals surface area contributed by atoms with Crippen LogP contribution in [-0.4, -0.2) is 24.1 Å². The van der Waals surface area contributed by atoms with Crippen LogP contribution in [0.4, 0.5) is 5.82 Å². The standard InChI is InChI=1S/C15H19N3O/c1-5-11-8-10(2)15(19)17-14(11)12-6-7-13(16-9-12)18(3)4/h6-9H,5H2,1-4H3,(H,17,19). The van der Waals surface area contributed by atoms with Gasteiger partial charge in [0.1, 0.15) is 5.82 Å². The molecule has 2 aromatic heterocycles. The van der Waals surface area contributed by atoms with E-state index in [4.69, 9.17) is 0 Å². The molecular formula is C15H19N3O. The normalized spacial score (nSPS) is 10.5. The maximum Gasteiger partial charge on any atom is 0.251 e. The molecule has 0 aliphatic carbocycles. The van der Waals surface area contributed by atoms with Gasteiger partial charge in [-0.05, 0) is 37.1 Å². The van der Waals surface area contributed by atoms with Crippen LogP contribution >= 0.6 is 0 Å². The van der Waals surface area contributed by atoms with Crippen molar-refractivity contribution >= 4 is 5.82 Å². The van der Waals surface area contributed by atoms with Crippen molar-refractivity contribution in [3.05, 3.63) is 45.9 Å². The molecule has 0 fully saturated rings. The minimum absolute atomic E-state index is 0.0381. The summed E-state index contributed by atoms with van der Waals surface area (Å²) in [5.41, 5.74) is 3.66. The summed E-state index contributed by atoms with van der Waals surface area (Å²) in [5.74, 6) is 0.899. The predicted octanol–water partition coefficient (Wildman–Crippen LogP) is 2.37. The lowest BCUT2D eigenvalue weighted by molar-refractivity contribution is 1.05. The molecule has 2 aromatic rings. The van der Waals surface area contributed by atoms with Crippen molar-refractivity contribution in [2.75, 3.05) is 19.0 Å². The first-order valence-electron chi connectivity index (χ1n) is 6.39. The number of H-pyrrole nitrogens is 1. The van der Waals surface area contributed by atoms with E-state index in [1.165, 1.54) is 0 Å². The highest BCUT2D eigenvalue weighted by atomic mass is 16.1. The van der Waals surface area contributed by atoms with E-state index in [2.05, 4.69) is 16.9 Å². The fourth-order valence-corrected chi connectivity index (χ4v) is 2.03. The molecule has 0 saturated carbocycles. The van der Waals surface area contributed by atoms with Gasteiger partial charge in [-0.3, -0.25) is 4.79 Å². The first-order valence-corrected chi connectivity index (χ1v) is 6.39. The Bertz CT molecular complexity index is 627. The van der Waals surface area contributed by atoms with Crippen molar-refractivity contribution in [1.82, 2.24) is 9.97 Å². The van der Waals surface area contributed by atoms with Gasteiger partial charge in [0.15, 0.2) is 0 Å². The molecule has 0 unspecified atom stereocenters. The topological polar surface area (TPSA) is 49.0 Å². The molecule has 0 atom stereocenters. The Morgan fingerprint density at radius 2 is 2.05 bits per heavy atom. The number of aromatic amines is 1. The van der Waals surface area contributed by atoms with Crippen molar-refractivity contribution in [2.45, 2.75) is 20.3 Å². The fraction of sp³-hybridized carbons (Fsp3) is 0.333. The second-order valence-corrected chi connectivity index (χ2v) is 4.83. The van der Waals surface area contributed by atoms with Crippen molar-refractivity contribution in [2.24, 2.45) is 0 Å². The van der Waals surface area contributed by atoms with Crippen molar-refractivity contribution in [3.63, 3.8) is 0 Å². The zero-order valence-electron chi connectivity index (χ0n) is 11.8. The average Bonchev–Trinajstić information content (AvgIpc) is 2.41. The van der Waals surface area contributed by atoms with Crippen LogP contribution in [0.25, 0.3) is 11.3 Å². The van der Waals surface area contributed by atoms with E-state index in [1.807, 2.05) is 44.1 Å². The molecule has 1 N–H and O–H groups in total. The fourth-order valence-electron chi connectivity index (χ4n) is 2.03. The Labute approximate surface area is 113 Å². The van der Waals surface area contributed by atoms with Gasteiger partial charge in [-0.2, -0.15) is 0 Å². The lowest BCUT2D eigenvalue weighted by Crippen LogP contribution is -2.13. The number of nitrogens with zero attached hydrogens (tertiary/aromatic N) is 2. The summed E-state index contributed by atoms with van der Waals surface area (Å²) < 4.78 is 0. The van der Waals surface area contributed by atoms with Crippen molar-refractivity contribution in [1.29, 1.82) is 0 Å². The molecule has 4 heteroatoms. The third kappa shape index (κ3) is 2.67. The van der Waals surface area contributed by atoms with Crippen LogP contribution in [0, 0.1) is 6.92 Å². The zero-order chi connectivity index (χ0) is 14.0. The van der Waals surface area contributed by atoms with E-state index in [9.17, 15) is 4.79 Å². The number of pyridine rings is 2. The van der Waals surface area contributed by atoms with Crippen LogP contribution in [0.5, 0.6) is 0 Å². The third-order valence-corrected chi connectivity index (χ3v) is 3.18. The molecular weight excluding hydrogens is 238 g/mol. The maximum absolute atomic E-state index is 11.8. The Balaban J connectivity index is 2.52. The second-order valence-electron chi connectivity index (χ2n) is 4.83. The molecule has 0 aromatic carbocycles. The molecule has 2 rings (SSSR count). The first kappa shape index (κ1) is 13.3. The minimum atomic E-state index is -0.0381. The number of anilines is 1. The number of hydrogen-bond acceptors (Lipinski definition) is 3. The molecule has 0 amide bonds. The van der Waals surface area contributed by atoms with E-state index in [-0.39, 0.29) is 5.56 Å². The highest BCUT2D eigenvalue weighted by molar-refractivity contribution is 5.63. The summed E-state index contributed by atoms with van der Waals surface area (Å²) in [6.45, 7) is 3.91. The lowest BCUT2D eigenvalue weighted by atomic mass is 10.0. The van der Waals surface area contributed by atoms with Crippen LogP contribution in [-0.2, 0) is 6.42 Å². The van der Waals surface area contributed by atoms with Crippen LogP contribution in [0.15, 0.2) is 29.2 Å². The monoisotopic (exact) mass is 257 g/mol. The Hall–Kier alpha value is -2.10. The molecule has 0 radical (unpaired) electrons. The van der Waals surface area contributed by atoms with Gasteiger partial charge < -0.3 is 9.88 Å². The molecule has 0 aliphatic heterocycles. The zero-order valence-corrected chi connectivity index (χ0v) is 11.8. The molecule has 0 bridgehead atoms. The molecule has 0 aliphatic rings. The summed E-state index contributed by atoms with van der Waals surface area (Å²) in [7, 11) is 3.90. The van der Waals surface area contributed by atoms with E-state index >= 15 is 0 Å². The predicted molar refractivity (Wildman–Crippen MR) is 78.7 cm³/mol. The molecule has 100 valence electrons. The average molecular weight is 257 g/mol. The second kappa shape index (κ2) is 5.26. The lowest BCUT2D eigenvalue weighted by Gasteiger charge is -2.13. The molecule has 0 saturated heterocycles. The Kier molecular flexibility index (Phi) is 3.69. The van der Waals surface area contributed by atoms with E-state index in [0.29, 0.717) is 0 Å². The van der Waals surface area contributed by atoms with Gasteiger partial charge in [-0.15, -0.1) is 0 Å². The number of nitrogens with one attached hydrogen (secondary N) is 1. The van der Waals surface area contributed by atoms with Crippen molar-refractivity contribution < 1.29 is 0 Å². The van der Waals surface area contributed by atoms with Gasteiger partial charge in [0, 0.05) is 31.4 Å². The summed E-state index contributed by atoms with van der Waals surface area (Å²) in [6, 6.07) is 5.89. The number of aromatic nitrogens is 2. The largest absolute Gasteiger partial charge is 0.363 e. The van der Waals surface area contributed by atoms with Crippen molar-refractivity contribution in [3.8, 4) is 11.3 Å². The summed E-state index contributed by atoms with van der Waals surface area (Å²) in [5, 5.41) is 0. The summed E-state index contributed by atoms with van der Waals surface area (Å²) >= 11 is 0.